The molecule has 0 saturated carbocycles. The van der Waals surface area contributed by atoms with E-state index >= 15 is 0 Å². The Kier molecular flexibility index (Phi) is 5.26. The minimum atomic E-state index is 0.342. The molecule has 1 aliphatic carbocycles. The number of nitrogens with one attached hydrogen (secondary N) is 1. The summed E-state index contributed by atoms with van der Waals surface area (Å²) < 4.78 is 0. The maximum Gasteiger partial charge on any atom is 0.0136 e. The normalized spacial score (nSPS) is 22.3. The second-order valence-corrected chi connectivity index (χ2v) is 6.97. The van der Waals surface area contributed by atoms with E-state index in [-0.39, 0.29) is 0 Å². The molecule has 112 valence electrons. The summed E-state index contributed by atoms with van der Waals surface area (Å²) in [5.74, 6) is 0.700. The van der Waals surface area contributed by atoms with E-state index in [1.165, 1.54) is 32.1 Å². The van der Waals surface area contributed by atoms with E-state index in [0.717, 1.165) is 6.54 Å². The molecule has 0 fully saturated rings. The highest BCUT2D eigenvalue weighted by molar-refractivity contribution is 5.39. The van der Waals surface area contributed by atoms with E-state index in [4.69, 9.17) is 0 Å². The summed E-state index contributed by atoms with van der Waals surface area (Å²) in [6.07, 6.45) is 6.41. The van der Waals surface area contributed by atoms with Crippen LogP contribution in [0.5, 0.6) is 0 Å². The molecule has 0 heterocycles. The van der Waals surface area contributed by atoms with Crippen molar-refractivity contribution in [3.8, 4) is 0 Å². The third kappa shape index (κ3) is 3.25. The molecule has 1 N–H and O–H groups in total. The molecular formula is C19H31N. The van der Waals surface area contributed by atoms with Gasteiger partial charge in [0.1, 0.15) is 0 Å². The van der Waals surface area contributed by atoms with Crippen LogP contribution in [0.1, 0.15) is 76.8 Å². The second kappa shape index (κ2) is 6.76. The van der Waals surface area contributed by atoms with Crippen molar-refractivity contribution >= 4 is 0 Å². The first-order chi connectivity index (χ1) is 9.60. The lowest BCUT2D eigenvalue weighted by Gasteiger charge is -2.40. The molecule has 0 spiro atoms. The molecule has 0 saturated heterocycles. The van der Waals surface area contributed by atoms with Gasteiger partial charge in [-0.15, -0.1) is 0 Å². The van der Waals surface area contributed by atoms with Gasteiger partial charge in [0.25, 0.3) is 0 Å². The van der Waals surface area contributed by atoms with Gasteiger partial charge in [-0.1, -0.05) is 58.4 Å². The fourth-order valence-electron chi connectivity index (χ4n) is 3.75. The number of hydrogen-bond donors (Lipinski definition) is 1. The van der Waals surface area contributed by atoms with E-state index in [9.17, 15) is 0 Å². The van der Waals surface area contributed by atoms with Crippen LogP contribution in [0.25, 0.3) is 0 Å². The Morgan fingerprint density at radius 1 is 1.20 bits per heavy atom. The first-order valence-electron chi connectivity index (χ1n) is 8.43. The Hall–Kier alpha value is -0.820. The van der Waals surface area contributed by atoms with Crippen molar-refractivity contribution in [2.45, 2.75) is 77.2 Å². The molecule has 0 aromatic heterocycles. The third-order valence-corrected chi connectivity index (χ3v) is 4.91. The summed E-state index contributed by atoms with van der Waals surface area (Å²) in [4.78, 5) is 0. The summed E-state index contributed by atoms with van der Waals surface area (Å²) in [7, 11) is 0. The van der Waals surface area contributed by atoms with Gasteiger partial charge in [0.15, 0.2) is 0 Å². The molecule has 1 aromatic carbocycles. The van der Waals surface area contributed by atoms with E-state index in [1.54, 1.807) is 11.1 Å². The Balaban J connectivity index is 2.27. The van der Waals surface area contributed by atoms with Gasteiger partial charge in [-0.3, -0.25) is 0 Å². The quantitative estimate of drug-likeness (QED) is 0.768. The number of benzene rings is 1. The molecule has 1 heteroatoms. The predicted octanol–water partition coefficient (Wildman–Crippen LogP) is 5.01. The summed E-state index contributed by atoms with van der Waals surface area (Å²) in [6.45, 7) is 10.5. The minimum Gasteiger partial charge on any atom is -0.313 e. The Bertz CT molecular complexity index is 422. The van der Waals surface area contributed by atoms with Crippen LogP contribution in [0.4, 0.5) is 0 Å². The van der Waals surface area contributed by atoms with Crippen LogP contribution < -0.4 is 5.32 Å². The van der Waals surface area contributed by atoms with Crippen molar-refractivity contribution in [2.75, 3.05) is 6.54 Å². The molecule has 2 unspecified atom stereocenters. The van der Waals surface area contributed by atoms with Crippen LogP contribution in [0.3, 0.4) is 0 Å². The fourth-order valence-corrected chi connectivity index (χ4v) is 3.75. The van der Waals surface area contributed by atoms with Crippen LogP contribution in [0.2, 0.25) is 0 Å². The SMILES string of the molecule is CCCNC(CCC)C1CCC(C)(C)c2ccccc21. The third-order valence-electron chi connectivity index (χ3n) is 4.91. The van der Waals surface area contributed by atoms with Crippen molar-refractivity contribution in [3.05, 3.63) is 35.4 Å². The Morgan fingerprint density at radius 2 is 1.95 bits per heavy atom. The smallest absolute Gasteiger partial charge is 0.0136 e. The summed E-state index contributed by atoms with van der Waals surface area (Å²) >= 11 is 0. The van der Waals surface area contributed by atoms with Gasteiger partial charge in [-0.2, -0.15) is 0 Å². The van der Waals surface area contributed by atoms with E-state index in [2.05, 4.69) is 57.3 Å². The summed E-state index contributed by atoms with van der Waals surface area (Å²) in [5.41, 5.74) is 3.52. The average molecular weight is 273 g/mol. The number of hydrogen-bond acceptors (Lipinski definition) is 1. The second-order valence-electron chi connectivity index (χ2n) is 6.97. The Labute approximate surface area is 125 Å². The maximum absolute atomic E-state index is 3.81. The standard InChI is InChI=1S/C19H31N/c1-5-9-18(20-14-6-2)16-12-13-19(3,4)17-11-8-7-10-15(16)17/h7-8,10-11,16,18,20H,5-6,9,12-14H2,1-4H3. The van der Waals surface area contributed by atoms with Crippen molar-refractivity contribution in [3.63, 3.8) is 0 Å². The average Bonchev–Trinajstić information content (AvgIpc) is 2.44. The zero-order chi connectivity index (χ0) is 14.6. The summed E-state index contributed by atoms with van der Waals surface area (Å²) in [5, 5.41) is 3.81. The van der Waals surface area contributed by atoms with Gasteiger partial charge in [-0.25, -0.2) is 0 Å². The van der Waals surface area contributed by atoms with E-state index < -0.39 is 0 Å². The van der Waals surface area contributed by atoms with Crippen molar-refractivity contribution in [1.29, 1.82) is 0 Å². The molecule has 1 aliphatic rings. The zero-order valence-corrected chi connectivity index (χ0v) is 13.7. The highest BCUT2D eigenvalue weighted by Crippen LogP contribution is 2.44. The van der Waals surface area contributed by atoms with Gasteiger partial charge in [-0.05, 0) is 54.7 Å². The molecule has 0 bridgehead atoms. The molecule has 0 radical (unpaired) electrons. The monoisotopic (exact) mass is 273 g/mol. The van der Waals surface area contributed by atoms with E-state index in [0.29, 0.717) is 17.4 Å². The first kappa shape index (κ1) is 15.6. The number of fused-ring (bicyclic) bond motifs is 1. The van der Waals surface area contributed by atoms with E-state index in [1.807, 2.05) is 0 Å². The van der Waals surface area contributed by atoms with Crippen LogP contribution in [-0.2, 0) is 5.41 Å². The molecule has 1 nitrogen and oxygen atoms in total. The molecule has 20 heavy (non-hydrogen) atoms. The highest BCUT2D eigenvalue weighted by atomic mass is 14.9. The Morgan fingerprint density at radius 3 is 2.65 bits per heavy atom. The lowest BCUT2D eigenvalue weighted by atomic mass is 9.66. The maximum atomic E-state index is 3.81. The molecule has 0 aliphatic heterocycles. The molecule has 1 aromatic rings. The van der Waals surface area contributed by atoms with Gasteiger partial charge in [0.05, 0.1) is 0 Å². The van der Waals surface area contributed by atoms with Crippen LogP contribution in [-0.4, -0.2) is 12.6 Å². The van der Waals surface area contributed by atoms with Gasteiger partial charge in [0.2, 0.25) is 0 Å². The fraction of sp³-hybridized carbons (Fsp3) is 0.684. The number of rotatable bonds is 6. The van der Waals surface area contributed by atoms with Crippen molar-refractivity contribution in [1.82, 2.24) is 5.32 Å². The zero-order valence-electron chi connectivity index (χ0n) is 13.7. The van der Waals surface area contributed by atoms with Crippen LogP contribution in [0, 0.1) is 0 Å². The predicted molar refractivity (Wildman–Crippen MR) is 88.4 cm³/mol. The highest BCUT2D eigenvalue weighted by Gasteiger charge is 2.35. The molecule has 0 amide bonds. The van der Waals surface area contributed by atoms with Crippen LogP contribution >= 0.6 is 0 Å². The van der Waals surface area contributed by atoms with Crippen molar-refractivity contribution in [2.24, 2.45) is 0 Å². The lowest BCUT2D eigenvalue weighted by Crippen LogP contribution is -2.39. The first-order valence-corrected chi connectivity index (χ1v) is 8.43. The van der Waals surface area contributed by atoms with Gasteiger partial charge in [0, 0.05) is 6.04 Å². The molecular weight excluding hydrogens is 242 g/mol. The van der Waals surface area contributed by atoms with Crippen molar-refractivity contribution < 1.29 is 0 Å². The summed E-state index contributed by atoms with van der Waals surface area (Å²) in [6, 6.07) is 9.80. The minimum absolute atomic E-state index is 0.342. The lowest BCUT2D eigenvalue weighted by molar-refractivity contribution is 0.321. The largest absolute Gasteiger partial charge is 0.313 e. The van der Waals surface area contributed by atoms with Gasteiger partial charge >= 0.3 is 0 Å². The molecule has 2 atom stereocenters. The van der Waals surface area contributed by atoms with Crippen LogP contribution in [0.15, 0.2) is 24.3 Å². The van der Waals surface area contributed by atoms with Gasteiger partial charge < -0.3 is 5.32 Å². The topological polar surface area (TPSA) is 12.0 Å². The molecule has 2 rings (SSSR count).